The number of halogens is 2. The Morgan fingerprint density at radius 3 is 2.38 bits per heavy atom. The summed E-state index contributed by atoms with van der Waals surface area (Å²) < 4.78 is 35.8. The predicted octanol–water partition coefficient (Wildman–Crippen LogP) is 3.60. The lowest BCUT2D eigenvalue weighted by molar-refractivity contribution is -0.151. The number of pyridine rings is 1. The molecule has 1 unspecified atom stereocenters. The smallest absolute Gasteiger partial charge is 0.221 e. The molecule has 2 aliphatic rings. The molecule has 7 nitrogen and oxygen atoms in total. The molecule has 0 saturated heterocycles. The molecule has 1 fully saturated rings. The topological polar surface area (TPSA) is 96.8 Å². The largest absolute Gasteiger partial charge is 0.472 e. The number of hydrogen-bond acceptors (Lipinski definition) is 6. The van der Waals surface area contributed by atoms with Gasteiger partial charge in [-0.05, 0) is 17.7 Å². The molecule has 1 saturated carbocycles. The van der Waals surface area contributed by atoms with Crippen LogP contribution in [0.4, 0.5) is 0 Å². The van der Waals surface area contributed by atoms with Crippen LogP contribution in [0.15, 0.2) is 71.3 Å². The Balaban J connectivity index is 1.94. The average Bonchev–Trinajstić information content (AvgIpc) is 2.93. The Kier molecular flexibility index (Phi) is 5.42. The van der Waals surface area contributed by atoms with Gasteiger partial charge in [-0.1, -0.05) is 70.0 Å². The van der Waals surface area contributed by atoms with Crippen LogP contribution < -0.4 is 4.74 Å². The minimum atomic E-state index is -4.23. The molecule has 10 heteroatoms. The van der Waals surface area contributed by atoms with Gasteiger partial charge in [-0.25, -0.2) is 12.7 Å². The van der Waals surface area contributed by atoms with E-state index in [1.54, 1.807) is 54.6 Å². The first-order chi connectivity index (χ1) is 16.0. The van der Waals surface area contributed by atoms with E-state index in [0.717, 1.165) is 8.78 Å². The number of carbonyl (C=O) groups is 1. The first kappa shape index (κ1) is 23.4. The third kappa shape index (κ3) is 3.04. The van der Waals surface area contributed by atoms with Crippen molar-refractivity contribution in [3.05, 3.63) is 93.2 Å². The molecule has 1 aliphatic carbocycles. The number of nitrogens with zero attached hydrogens (tertiary/aromatic N) is 2. The van der Waals surface area contributed by atoms with Crippen LogP contribution in [0.5, 0.6) is 5.75 Å². The van der Waals surface area contributed by atoms with Gasteiger partial charge in [-0.3, -0.25) is 9.78 Å². The number of ketones is 1. The Morgan fingerprint density at radius 2 is 1.76 bits per heavy atom. The van der Waals surface area contributed by atoms with Crippen molar-refractivity contribution >= 4 is 43.3 Å². The van der Waals surface area contributed by atoms with E-state index in [1.165, 1.54) is 26.4 Å². The lowest BCUT2D eigenvalue weighted by Gasteiger charge is -2.38. The highest BCUT2D eigenvalue weighted by molar-refractivity contribution is 9.10. The van der Waals surface area contributed by atoms with Crippen LogP contribution >= 0.6 is 27.5 Å². The molecular formula is C24H20BrClN2O5S. The van der Waals surface area contributed by atoms with Crippen molar-refractivity contribution in [2.24, 2.45) is 0 Å². The van der Waals surface area contributed by atoms with Gasteiger partial charge >= 0.3 is 0 Å². The first-order valence-electron chi connectivity index (χ1n) is 10.4. The number of aromatic nitrogens is 1. The van der Waals surface area contributed by atoms with Crippen molar-refractivity contribution in [3.8, 4) is 5.75 Å². The predicted molar refractivity (Wildman–Crippen MR) is 130 cm³/mol. The number of hydrogen-bond donors (Lipinski definition) is 1. The summed E-state index contributed by atoms with van der Waals surface area (Å²) in [6.45, 7) is 0. The second-order valence-corrected chi connectivity index (χ2v) is 12.2. The molecule has 2 heterocycles. The minimum Gasteiger partial charge on any atom is -0.472 e. The van der Waals surface area contributed by atoms with Gasteiger partial charge in [-0.15, -0.1) is 0 Å². The molecule has 0 spiro atoms. The van der Waals surface area contributed by atoms with Crippen LogP contribution in [-0.4, -0.2) is 47.9 Å². The number of rotatable bonds is 4. The quantitative estimate of drug-likeness (QED) is 0.521. The van der Waals surface area contributed by atoms with E-state index in [9.17, 15) is 18.3 Å². The fourth-order valence-electron chi connectivity index (χ4n) is 5.07. The molecule has 4 atom stereocenters. The van der Waals surface area contributed by atoms with Gasteiger partial charge in [0.05, 0.1) is 10.9 Å². The van der Waals surface area contributed by atoms with Crippen LogP contribution in [0.25, 0.3) is 0 Å². The zero-order valence-corrected chi connectivity index (χ0v) is 21.3. The third-order valence-corrected chi connectivity index (χ3v) is 9.56. The lowest BCUT2D eigenvalue weighted by atomic mass is 9.78. The molecule has 0 radical (unpaired) electrons. The Labute approximate surface area is 210 Å². The number of benzene rings is 2. The highest BCUT2D eigenvalue weighted by Gasteiger charge is 2.78. The van der Waals surface area contributed by atoms with E-state index in [2.05, 4.69) is 20.9 Å². The van der Waals surface area contributed by atoms with Gasteiger partial charge in [0.15, 0.2) is 5.60 Å². The summed E-state index contributed by atoms with van der Waals surface area (Å²) >= 11 is 9.57. The minimum absolute atomic E-state index is 0.0647. The molecule has 5 rings (SSSR count). The summed E-state index contributed by atoms with van der Waals surface area (Å²) in [4.78, 5) is 18.5. The number of aliphatic hydroxyl groups is 1. The lowest BCUT2D eigenvalue weighted by Crippen LogP contribution is -2.53. The van der Waals surface area contributed by atoms with Crippen LogP contribution in [0.3, 0.4) is 0 Å². The molecule has 1 aromatic heterocycles. The van der Waals surface area contributed by atoms with Gasteiger partial charge in [0, 0.05) is 36.4 Å². The van der Waals surface area contributed by atoms with Crippen molar-refractivity contribution in [1.82, 2.24) is 9.29 Å². The zero-order valence-electron chi connectivity index (χ0n) is 18.1. The maximum Gasteiger partial charge on any atom is 0.221 e. The van der Waals surface area contributed by atoms with E-state index in [4.69, 9.17) is 16.3 Å². The van der Waals surface area contributed by atoms with Crippen molar-refractivity contribution in [2.75, 3.05) is 14.1 Å². The Hall–Kier alpha value is -2.30. The fraction of sp³-hybridized carbons (Fsp3) is 0.250. The summed E-state index contributed by atoms with van der Waals surface area (Å²) in [5.41, 5.74) is -3.54. The fourth-order valence-corrected chi connectivity index (χ4v) is 7.28. The van der Waals surface area contributed by atoms with E-state index in [0.29, 0.717) is 11.1 Å². The average molecular weight is 564 g/mol. The number of fused-ring (bicyclic) bond motifs is 4. The summed E-state index contributed by atoms with van der Waals surface area (Å²) in [6.07, 6.45) is 1.26. The summed E-state index contributed by atoms with van der Waals surface area (Å²) in [5, 5.41) is 10.8. The highest BCUT2D eigenvalue weighted by Crippen LogP contribution is 2.63. The third-order valence-electron chi connectivity index (χ3n) is 6.55. The Morgan fingerprint density at radius 1 is 1.12 bits per heavy atom. The zero-order chi connectivity index (χ0) is 24.5. The molecule has 1 aliphatic heterocycles. The monoisotopic (exact) mass is 562 g/mol. The van der Waals surface area contributed by atoms with E-state index in [1.807, 2.05) is 0 Å². The van der Waals surface area contributed by atoms with E-state index in [-0.39, 0.29) is 16.5 Å². The van der Waals surface area contributed by atoms with E-state index < -0.39 is 38.2 Å². The van der Waals surface area contributed by atoms with Gasteiger partial charge in [0.1, 0.15) is 16.7 Å². The molecular weight excluding hydrogens is 544 g/mol. The molecule has 2 bridgehead atoms. The molecule has 34 heavy (non-hydrogen) atoms. The number of ether oxygens (including phenoxy) is 1. The first-order valence-corrected chi connectivity index (χ1v) is 13.1. The summed E-state index contributed by atoms with van der Waals surface area (Å²) in [5.74, 6) is -1.81. The maximum atomic E-state index is 14.3. The van der Waals surface area contributed by atoms with Crippen LogP contribution in [-0.2, 0) is 26.0 Å². The second-order valence-electron chi connectivity index (χ2n) is 8.58. The molecule has 176 valence electrons. The van der Waals surface area contributed by atoms with Gasteiger partial charge < -0.3 is 9.84 Å². The Bertz CT molecular complexity index is 1400. The van der Waals surface area contributed by atoms with Crippen molar-refractivity contribution in [3.63, 3.8) is 0 Å². The van der Waals surface area contributed by atoms with Crippen LogP contribution in [0.1, 0.15) is 22.7 Å². The standard InChI is InChI=1S/C24H20BrClN2O5S/c1-28(2)34(31,32)21-19(14-6-4-3-5-7-14)24(15-8-10-16(25)11-9-15)22(29)23(21,30)20-18(33-24)12-17(26)13-27-20/h3-13,19,21,30H,1-2H3/t19?,21-,23+,24-/m1/s1. The van der Waals surface area contributed by atoms with Gasteiger partial charge in [0.25, 0.3) is 0 Å². The van der Waals surface area contributed by atoms with Gasteiger partial charge in [-0.2, -0.15) is 0 Å². The normalized spacial score (nSPS) is 28.0. The second kappa shape index (κ2) is 7.86. The summed E-state index contributed by atoms with van der Waals surface area (Å²) in [6, 6.07) is 17.1. The van der Waals surface area contributed by atoms with Crippen molar-refractivity contribution in [2.45, 2.75) is 22.4 Å². The number of Topliss-reactive ketones (excluding diaryl/α,β-unsaturated/α-hetero) is 1. The van der Waals surface area contributed by atoms with Crippen molar-refractivity contribution < 1.29 is 23.1 Å². The molecule has 1 N–H and O–H groups in total. The highest BCUT2D eigenvalue weighted by atomic mass is 79.9. The maximum absolute atomic E-state index is 14.3. The molecule has 3 aromatic rings. The number of carbonyl (C=O) groups excluding carboxylic acids is 1. The van der Waals surface area contributed by atoms with Crippen molar-refractivity contribution in [1.29, 1.82) is 0 Å². The van der Waals surface area contributed by atoms with Gasteiger partial charge in [0.2, 0.25) is 21.4 Å². The van der Waals surface area contributed by atoms with E-state index >= 15 is 0 Å². The number of sulfonamides is 1. The SMILES string of the molecule is CN(C)S(=O)(=O)[C@@H]1C(c2ccccc2)[C@@]2(c3ccc(Br)cc3)Oc3cc(Cl)cnc3[C@@]1(O)C2=O. The van der Waals surface area contributed by atoms with Crippen LogP contribution in [0.2, 0.25) is 5.02 Å². The van der Waals surface area contributed by atoms with Crippen LogP contribution in [0, 0.1) is 0 Å². The molecule has 0 amide bonds. The summed E-state index contributed by atoms with van der Waals surface area (Å²) in [7, 11) is -1.48. The molecule has 2 aromatic carbocycles.